The number of pyridine rings is 6. The van der Waals surface area contributed by atoms with Gasteiger partial charge < -0.3 is 0 Å². The molecule has 0 aliphatic heterocycles. The van der Waals surface area contributed by atoms with Crippen molar-refractivity contribution >= 4 is 0 Å². The molecule has 0 N–H and O–H groups in total. The van der Waals surface area contributed by atoms with Crippen molar-refractivity contribution in [3.05, 3.63) is 316 Å². The predicted molar refractivity (Wildman–Crippen MR) is 432 cm³/mol. The molecular formula is C96H120N6+6. The SMILES string of the molecule is Cc1ccccc1-c1c(C)cc(C)c(C)[n+]1C.Cc1ccccc1-c1c(C)cc(C)c(C)[n+]1C.Cc1ccccc1-c1cc(C)c(C)c(C)[n+]1C.[2H]C([2H])([2H])c1c(C)cc(-c2ccccc2C)[n+](C)c1C.[2H]C([2H])([2H])c1cc(C)c(-c2ccccc2C)[n+](C)c1C.[2H]C([2H])([2H])c1cc(C)c(-c2ccccc2C)[n+](C)c1C. The summed E-state index contributed by atoms with van der Waals surface area (Å²) < 4.78 is 81.8. The first kappa shape index (κ1) is 66.8. The lowest BCUT2D eigenvalue weighted by atomic mass is 9.99. The molecule has 12 rings (SSSR count). The fourth-order valence-electron chi connectivity index (χ4n) is 13.7. The van der Waals surface area contributed by atoms with Gasteiger partial charge in [0.05, 0.1) is 0 Å². The highest BCUT2D eigenvalue weighted by molar-refractivity contribution is 5.68. The lowest BCUT2D eigenvalue weighted by Gasteiger charge is -2.10. The zero-order chi connectivity index (χ0) is 83.0. The summed E-state index contributed by atoms with van der Waals surface area (Å²) in [5.41, 5.74) is 40.7. The average molecular weight is 1370 g/mol. The van der Waals surface area contributed by atoms with E-state index in [9.17, 15) is 0 Å². The zero-order valence-electron chi connectivity index (χ0n) is 75.5. The van der Waals surface area contributed by atoms with Crippen LogP contribution in [0.25, 0.3) is 67.5 Å². The van der Waals surface area contributed by atoms with Gasteiger partial charge in [0.1, 0.15) is 42.3 Å². The highest BCUT2D eigenvalue weighted by Gasteiger charge is 2.25. The lowest BCUT2D eigenvalue weighted by molar-refractivity contribution is -0.667. The maximum atomic E-state index is 7.69. The maximum Gasteiger partial charge on any atom is 0.215 e. The van der Waals surface area contributed by atoms with Crippen molar-refractivity contribution in [3.8, 4) is 67.5 Å². The van der Waals surface area contributed by atoms with Crippen LogP contribution in [0, 0.1) is 166 Å². The molecule has 6 heteroatoms. The van der Waals surface area contributed by atoms with Crippen molar-refractivity contribution in [2.45, 2.75) is 166 Å². The van der Waals surface area contributed by atoms with Crippen molar-refractivity contribution in [3.63, 3.8) is 0 Å². The van der Waals surface area contributed by atoms with Crippen LogP contribution in [-0.2, 0) is 42.3 Å². The van der Waals surface area contributed by atoms with Crippen LogP contribution in [0.1, 0.15) is 147 Å². The van der Waals surface area contributed by atoms with E-state index in [2.05, 4.69) is 266 Å². The van der Waals surface area contributed by atoms with Gasteiger partial charge in [-0.1, -0.05) is 109 Å². The standard InChI is InChI=1S/6C16H20N/c2*1-11-8-6-7-9-15(11)16-10-12(2)13(3)14(4)17(16)5;4*1-11-8-6-7-9-15(11)16-13(3)10-12(2)14(4)17(16)5/h6*6-10H,1-5H3/q6*+1/i3D3;;2*2D3;;. The van der Waals surface area contributed by atoms with Gasteiger partial charge in [-0.15, -0.1) is 0 Å². The second kappa shape index (κ2) is 34.7. The van der Waals surface area contributed by atoms with Crippen molar-refractivity contribution < 1.29 is 39.7 Å². The number of aromatic nitrogens is 6. The second-order valence-corrected chi connectivity index (χ2v) is 28.1. The quantitative estimate of drug-likeness (QED) is 0.148. The summed E-state index contributed by atoms with van der Waals surface area (Å²) in [5.74, 6) is 0. The first-order valence-corrected chi connectivity index (χ1v) is 35.5. The number of benzene rings is 6. The van der Waals surface area contributed by atoms with E-state index in [4.69, 9.17) is 12.3 Å². The summed E-state index contributed by atoms with van der Waals surface area (Å²) in [6.07, 6.45) is 0. The van der Waals surface area contributed by atoms with E-state index in [1.165, 1.54) is 118 Å². The summed E-state index contributed by atoms with van der Waals surface area (Å²) >= 11 is 0. The molecule has 0 spiro atoms. The molecule has 528 valence electrons. The molecule has 0 aliphatic carbocycles. The van der Waals surface area contributed by atoms with Crippen LogP contribution in [0.2, 0.25) is 0 Å². The van der Waals surface area contributed by atoms with Crippen LogP contribution in [0.4, 0.5) is 0 Å². The monoisotopic (exact) mass is 1370 g/mol. The minimum absolute atomic E-state index is 0.426. The number of hydrogen-bond acceptors (Lipinski definition) is 0. The van der Waals surface area contributed by atoms with Crippen molar-refractivity contribution in [2.24, 2.45) is 42.3 Å². The van der Waals surface area contributed by atoms with Gasteiger partial charge in [-0.25, -0.2) is 0 Å². The van der Waals surface area contributed by atoms with E-state index in [-0.39, 0.29) is 0 Å². The average Bonchev–Trinajstić information content (AvgIpc) is 0.757. The largest absolute Gasteiger partial charge is 0.215 e. The number of hydrogen-bond donors (Lipinski definition) is 0. The van der Waals surface area contributed by atoms with Crippen molar-refractivity contribution in [1.82, 2.24) is 0 Å². The molecule has 0 amide bonds. The van der Waals surface area contributed by atoms with Crippen LogP contribution < -0.4 is 27.4 Å². The highest BCUT2D eigenvalue weighted by atomic mass is 15.0. The Kier molecular flexibility index (Phi) is 22.7. The molecule has 6 nitrogen and oxygen atoms in total. The molecule has 0 unspecified atom stereocenters. The van der Waals surface area contributed by atoms with Crippen LogP contribution >= 0.6 is 0 Å². The summed E-state index contributed by atoms with van der Waals surface area (Å²) in [6, 6.07) is 62.6. The van der Waals surface area contributed by atoms with Gasteiger partial charge >= 0.3 is 0 Å². The van der Waals surface area contributed by atoms with E-state index in [0.29, 0.717) is 16.7 Å². The molecule has 102 heavy (non-hydrogen) atoms. The summed E-state index contributed by atoms with van der Waals surface area (Å²) in [6.45, 7) is 37.5. The third-order valence-electron chi connectivity index (χ3n) is 21.1. The van der Waals surface area contributed by atoms with E-state index >= 15 is 0 Å². The van der Waals surface area contributed by atoms with E-state index < -0.39 is 20.6 Å². The lowest BCUT2D eigenvalue weighted by Crippen LogP contribution is -2.36. The van der Waals surface area contributed by atoms with Crippen molar-refractivity contribution in [2.75, 3.05) is 0 Å². The Morgan fingerprint density at radius 3 is 0.647 bits per heavy atom. The smallest absolute Gasteiger partial charge is 0.198 e. The number of aryl methyl sites for hydroxylation is 16. The molecule has 6 heterocycles. The minimum atomic E-state index is -2.07. The first-order valence-electron chi connectivity index (χ1n) is 40.0. The molecule has 0 saturated heterocycles. The van der Waals surface area contributed by atoms with Crippen LogP contribution in [0.15, 0.2) is 182 Å². The minimum Gasteiger partial charge on any atom is -0.198 e. The van der Waals surface area contributed by atoms with E-state index in [1.54, 1.807) is 12.1 Å². The third-order valence-corrected chi connectivity index (χ3v) is 21.1. The fraction of sp³-hybridized carbons (Fsp3) is 0.312. The van der Waals surface area contributed by atoms with Crippen LogP contribution in [-0.4, -0.2) is 0 Å². The van der Waals surface area contributed by atoms with E-state index in [0.717, 1.165) is 67.5 Å². The Hall–Kier alpha value is -9.78. The predicted octanol–water partition coefficient (Wildman–Crippen LogP) is 20.5. The van der Waals surface area contributed by atoms with E-state index in [1.807, 2.05) is 119 Å². The zero-order valence-corrected chi connectivity index (χ0v) is 66.5. The molecule has 0 saturated carbocycles. The number of rotatable bonds is 6. The first-order chi connectivity index (χ1) is 51.8. The Balaban J connectivity index is 0.000000185. The Morgan fingerprint density at radius 1 is 0.186 bits per heavy atom. The third kappa shape index (κ3) is 17.9. The number of nitrogens with zero attached hydrogens (tertiary/aromatic N) is 6. The van der Waals surface area contributed by atoms with Gasteiger partial charge in [0.2, 0.25) is 34.2 Å². The maximum absolute atomic E-state index is 7.69. The Morgan fingerprint density at radius 2 is 0.402 bits per heavy atom. The summed E-state index contributed by atoms with van der Waals surface area (Å²) in [5, 5.41) is 0. The second-order valence-electron chi connectivity index (χ2n) is 28.1. The van der Waals surface area contributed by atoms with Gasteiger partial charge in [0, 0.05) is 155 Å². The molecule has 0 atom stereocenters. The fourth-order valence-corrected chi connectivity index (χ4v) is 13.7. The Bertz CT molecular complexity index is 5180. The Labute approximate surface area is 628 Å². The normalized spacial score (nSPS) is 12.3. The molecule has 6 aromatic heterocycles. The summed E-state index contributed by atoms with van der Waals surface area (Å²) in [7, 11) is 12.2. The van der Waals surface area contributed by atoms with Crippen LogP contribution in [0.5, 0.6) is 0 Å². The van der Waals surface area contributed by atoms with Gasteiger partial charge in [-0.3, -0.25) is 0 Å². The topological polar surface area (TPSA) is 23.3 Å². The van der Waals surface area contributed by atoms with Crippen molar-refractivity contribution in [1.29, 1.82) is 0 Å². The molecule has 0 fully saturated rings. The van der Waals surface area contributed by atoms with Crippen LogP contribution in [0.3, 0.4) is 0 Å². The molecule has 12 aromatic rings. The molecule has 6 aromatic carbocycles. The molecule has 0 aliphatic rings. The molecule has 0 radical (unpaired) electrons. The van der Waals surface area contributed by atoms with Gasteiger partial charge in [0.25, 0.3) is 0 Å². The molecule has 0 bridgehead atoms. The summed E-state index contributed by atoms with van der Waals surface area (Å²) in [4.78, 5) is 0. The van der Waals surface area contributed by atoms with Gasteiger partial charge in [0.15, 0.2) is 34.2 Å². The highest BCUT2D eigenvalue weighted by Crippen LogP contribution is 2.30. The van der Waals surface area contributed by atoms with Gasteiger partial charge in [-0.2, -0.15) is 27.4 Å². The van der Waals surface area contributed by atoms with Gasteiger partial charge in [-0.05, 0) is 230 Å². The molecular weight excluding hydrogens is 1240 g/mol.